The third-order valence-electron chi connectivity index (χ3n) is 7.73. The number of carbonyl (C=O) groups excluding carboxylic acids is 3. The molecule has 1 unspecified atom stereocenters. The first kappa shape index (κ1) is 22.6. The van der Waals surface area contributed by atoms with Crippen molar-refractivity contribution in [3.63, 3.8) is 0 Å². The van der Waals surface area contributed by atoms with E-state index in [9.17, 15) is 14.4 Å². The van der Waals surface area contributed by atoms with E-state index in [1.807, 2.05) is 43.3 Å². The zero-order valence-corrected chi connectivity index (χ0v) is 19.8. The molecule has 5 rings (SSSR count). The molecule has 0 radical (unpaired) electrons. The minimum Gasteiger partial charge on any atom is -0.326 e. The van der Waals surface area contributed by atoms with Crippen molar-refractivity contribution in [1.29, 1.82) is 0 Å². The first-order chi connectivity index (χ1) is 16.3. The van der Waals surface area contributed by atoms with Crippen molar-refractivity contribution in [3.05, 3.63) is 65.2 Å². The molecule has 7 heteroatoms. The summed E-state index contributed by atoms with van der Waals surface area (Å²) in [4.78, 5) is 41.6. The van der Waals surface area contributed by atoms with Crippen molar-refractivity contribution < 1.29 is 14.4 Å². The highest BCUT2D eigenvalue weighted by atomic mass is 16.2. The number of nitrogens with zero attached hydrogens (tertiary/aromatic N) is 2. The van der Waals surface area contributed by atoms with Gasteiger partial charge in [-0.2, -0.15) is 0 Å². The van der Waals surface area contributed by atoms with Gasteiger partial charge in [-0.25, -0.2) is 4.79 Å². The largest absolute Gasteiger partial charge is 0.326 e. The number of hydrogen-bond acceptors (Lipinski definition) is 4. The van der Waals surface area contributed by atoms with Gasteiger partial charge in [0.1, 0.15) is 5.54 Å². The molecule has 4 amide bonds. The van der Waals surface area contributed by atoms with E-state index >= 15 is 0 Å². The lowest BCUT2D eigenvalue weighted by molar-refractivity contribution is -0.134. The molecule has 178 valence electrons. The highest BCUT2D eigenvalue weighted by Gasteiger charge is 2.55. The number of benzene rings is 2. The first-order valence-electron chi connectivity index (χ1n) is 12.1. The average Bonchev–Trinajstić information content (AvgIpc) is 3.33. The van der Waals surface area contributed by atoms with Crippen molar-refractivity contribution >= 4 is 23.5 Å². The van der Waals surface area contributed by atoms with E-state index in [4.69, 9.17) is 0 Å². The Morgan fingerprint density at radius 3 is 2.24 bits per heavy atom. The number of nitrogens with one attached hydrogen (secondary N) is 2. The number of piperidine rings is 1. The zero-order valence-electron chi connectivity index (χ0n) is 19.8. The zero-order chi connectivity index (χ0) is 23.9. The Kier molecular flexibility index (Phi) is 5.90. The molecule has 2 saturated heterocycles. The summed E-state index contributed by atoms with van der Waals surface area (Å²) in [5.41, 5.74) is 3.63. The van der Waals surface area contributed by atoms with E-state index in [2.05, 4.69) is 27.7 Å². The van der Waals surface area contributed by atoms with Crippen molar-refractivity contribution in [2.75, 3.05) is 18.4 Å². The van der Waals surface area contributed by atoms with Gasteiger partial charge >= 0.3 is 6.03 Å². The first-order valence-corrected chi connectivity index (χ1v) is 12.1. The van der Waals surface area contributed by atoms with E-state index in [0.717, 1.165) is 51.0 Å². The third-order valence-corrected chi connectivity index (χ3v) is 7.73. The molecule has 0 spiro atoms. The molecule has 2 aromatic rings. The molecule has 2 aliphatic heterocycles. The Morgan fingerprint density at radius 1 is 1.03 bits per heavy atom. The van der Waals surface area contributed by atoms with E-state index in [1.165, 1.54) is 28.5 Å². The Labute approximate surface area is 200 Å². The summed E-state index contributed by atoms with van der Waals surface area (Å²) in [5, 5.41) is 5.86. The quantitative estimate of drug-likeness (QED) is 0.671. The van der Waals surface area contributed by atoms with Crippen LogP contribution in [-0.4, -0.2) is 52.3 Å². The minimum atomic E-state index is -0.835. The molecular weight excluding hydrogens is 428 g/mol. The topological polar surface area (TPSA) is 81.8 Å². The summed E-state index contributed by atoms with van der Waals surface area (Å²) in [7, 11) is 0. The predicted octanol–water partition coefficient (Wildman–Crippen LogP) is 3.33. The molecule has 2 heterocycles. The fourth-order valence-corrected chi connectivity index (χ4v) is 5.83. The van der Waals surface area contributed by atoms with Crippen LogP contribution in [0.15, 0.2) is 48.5 Å². The Bertz CT molecular complexity index is 1080. The summed E-state index contributed by atoms with van der Waals surface area (Å²) in [5.74, 6) is -0.0219. The highest BCUT2D eigenvalue weighted by Crippen LogP contribution is 2.36. The maximum Gasteiger partial charge on any atom is 0.325 e. The molecule has 34 heavy (non-hydrogen) atoms. The number of amides is 4. The smallest absolute Gasteiger partial charge is 0.325 e. The minimum absolute atomic E-state index is 0.0673. The van der Waals surface area contributed by atoms with Gasteiger partial charge in [-0.3, -0.25) is 19.4 Å². The molecule has 7 nitrogen and oxygen atoms in total. The summed E-state index contributed by atoms with van der Waals surface area (Å²) < 4.78 is 0. The van der Waals surface area contributed by atoms with Crippen LogP contribution in [0, 0.1) is 5.92 Å². The summed E-state index contributed by atoms with van der Waals surface area (Å²) in [6.45, 7) is 6.01. The molecule has 3 aliphatic rings. The fraction of sp³-hybridized carbons (Fsp3) is 0.444. The SMILES string of the molecule is CC(=O)Nc1ccc(CN2CCC(C3(C)NC(=O)N(C4Cc5ccccc5C4)C3=O)CC2)cc1. The molecule has 2 N–H and O–H groups in total. The lowest BCUT2D eigenvalue weighted by Gasteiger charge is -2.39. The number of fused-ring (bicyclic) bond motifs is 1. The van der Waals surface area contributed by atoms with Crippen molar-refractivity contribution in [2.24, 2.45) is 5.92 Å². The van der Waals surface area contributed by atoms with Gasteiger partial charge in [-0.15, -0.1) is 0 Å². The predicted molar refractivity (Wildman–Crippen MR) is 130 cm³/mol. The third kappa shape index (κ3) is 4.20. The van der Waals surface area contributed by atoms with E-state index in [-0.39, 0.29) is 29.8 Å². The van der Waals surface area contributed by atoms with E-state index < -0.39 is 5.54 Å². The lowest BCUT2D eigenvalue weighted by atomic mass is 9.78. The number of rotatable bonds is 5. The second-order valence-corrected chi connectivity index (χ2v) is 10.1. The number of imide groups is 1. The van der Waals surface area contributed by atoms with Crippen molar-refractivity contribution in [1.82, 2.24) is 15.1 Å². The maximum absolute atomic E-state index is 13.6. The van der Waals surface area contributed by atoms with Crippen molar-refractivity contribution in [2.45, 2.75) is 57.7 Å². The van der Waals surface area contributed by atoms with Gasteiger partial charge in [0.05, 0.1) is 0 Å². The molecule has 1 atom stereocenters. The molecule has 2 aromatic carbocycles. The van der Waals surface area contributed by atoms with Crippen LogP contribution in [0.5, 0.6) is 0 Å². The average molecular weight is 461 g/mol. The van der Waals surface area contributed by atoms with Gasteiger partial charge in [0.25, 0.3) is 5.91 Å². The normalized spacial score (nSPS) is 23.8. The second kappa shape index (κ2) is 8.87. The lowest BCUT2D eigenvalue weighted by Crippen LogP contribution is -2.54. The van der Waals surface area contributed by atoms with Gasteiger partial charge in [-0.1, -0.05) is 36.4 Å². The van der Waals surface area contributed by atoms with Gasteiger partial charge in [0.15, 0.2) is 0 Å². The number of carbonyl (C=O) groups is 3. The molecule has 0 saturated carbocycles. The van der Waals surface area contributed by atoms with Gasteiger partial charge in [-0.05, 0) is 80.4 Å². The van der Waals surface area contributed by atoms with Crippen LogP contribution in [0.2, 0.25) is 0 Å². The molecule has 2 fully saturated rings. The Hall–Kier alpha value is -3.19. The summed E-state index contributed by atoms with van der Waals surface area (Å²) in [6.07, 6.45) is 3.21. The molecular formula is C27H32N4O3. The molecule has 1 aliphatic carbocycles. The van der Waals surface area contributed by atoms with Gasteiger partial charge in [0.2, 0.25) is 5.91 Å². The van der Waals surface area contributed by atoms with Crippen LogP contribution >= 0.6 is 0 Å². The standard InChI is InChI=1S/C27H32N4O3/c1-18(32)28-23-9-7-19(8-10-23)17-30-13-11-22(12-14-30)27(2)25(33)31(26(34)29-27)24-15-20-5-3-4-6-21(20)16-24/h3-10,22,24H,11-17H2,1-2H3,(H,28,32)(H,29,34). The second-order valence-electron chi connectivity index (χ2n) is 10.1. The molecule has 0 bridgehead atoms. The van der Waals surface area contributed by atoms with Crippen LogP contribution in [0.3, 0.4) is 0 Å². The maximum atomic E-state index is 13.6. The van der Waals surface area contributed by atoms with Gasteiger partial charge < -0.3 is 10.6 Å². The monoisotopic (exact) mass is 460 g/mol. The van der Waals surface area contributed by atoms with Crippen LogP contribution in [0.25, 0.3) is 0 Å². The number of anilines is 1. The summed E-state index contributed by atoms with van der Waals surface area (Å²) in [6, 6.07) is 15.8. The van der Waals surface area contributed by atoms with Crippen molar-refractivity contribution in [3.8, 4) is 0 Å². The number of hydrogen-bond donors (Lipinski definition) is 2. The number of likely N-dealkylation sites (tertiary alicyclic amines) is 1. The Balaban J connectivity index is 1.19. The fourth-order valence-electron chi connectivity index (χ4n) is 5.83. The van der Waals surface area contributed by atoms with Crippen LogP contribution in [-0.2, 0) is 29.0 Å². The van der Waals surface area contributed by atoms with E-state index in [1.54, 1.807) is 0 Å². The van der Waals surface area contributed by atoms with Crippen LogP contribution in [0.4, 0.5) is 10.5 Å². The summed E-state index contributed by atoms with van der Waals surface area (Å²) >= 11 is 0. The number of urea groups is 1. The highest BCUT2D eigenvalue weighted by molar-refractivity contribution is 6.07. The Morgan fingerprint density at radius 2 is 1.65 bits per heavy atom. The molecule has 0 aromatic heterocycles. The van der Waals surface area contributed by atoms with E-state index in [0.29, 0.717) is 0 Å². The van der Waals surface area contributed by atoms with Crippen LogP contribution in [0.1, 0.15) is 43.4 Å². The van der Waals surface area contributed by atoms with Gasteiger partial charge in [0, 0.05) is 25.2 Å². The van der Waals surface area contributed by atoms with Crippen LogP contribution < -0.4 is 10.6 Å².